The second-order valence-corrected chi connectivity index (χ2v) is 4.68. The Hall–Kier alpha value is -2.37. The van der Waals surface area contributed by atoms with E-state index < -0.39 is 29.0 Å². The quantitative estimate of drug-likeness (QED) is 0.855. The van der Waals surface area contributed by atoms with Crippen LogP contribution < -0.4 is 5.32 Å². The summed E-state index contributed by atoms with van der Waals surface area (Å²) in [7, 11) is 0. The van der Waals surface area contributed by atoms with Gasteiger partial charge in [-0.15, -0.1) is 0 Å². The van der Waals surface area contributed by atoms with Gasteiger partial charge < -0.3 is 5.32 Å². The smallest absolute Gasteiger partial charge is 0.352 e. The van der Waals surface area contributed by atoms with Crippen LogP contribution in [0, 0.1) is 5.82 Å². The molecule has 2 nitrogen and oxygen atoms in total. The van der Waals surface area contributed by atoms with E-state index >= 15 is 0 Å². The lowest BCUT2D eigenvalue weighted by Gasteiger charge is -2.12. The summed E-state index contributed by atoms with van der Waals surface area (Å²) in [6, 6.07) is 10.4. The van der Waals surface area contributed by atoms with Gasteiger partial charge in [0.05, 0.1) is 11.1 Å². The van der Waals surface area contributed by atoms with Crippen LogP contribution in [0.15, 0.2) is 48.5 Å². The fourth-order valence-corrected chi connectivity index (χ4v) is 2.04. The molecule has 1 N–H and O–H groups in total. The van der Waals surface area contributed by atoms with E-state index in [4.69, 9.17) is 0 Å². The van der Waals surface area contributed by atoms with E-state index in [0.29, 0.717) is 12.0 Å². The zero-order valence-electron chi connectivity index (χ0n) is 11.5. The molecule has 0 aromatic heterocycles. The first kappa shape index (κ1) is 16.0. The molecule has 6 heteroatoms. The molecule has 0 saturated carbocycles. The molecule has 0 aliphatic carbocycles. The number of carbonyl (C=O) groups excluding carboxylic acids is 1. The molecule has 0 aliphatic heterocycles. The maximum Gasteiger partial charge on any atom is 0.417 e. The topological polar surface area (TPSA) is 29.1 Å². The molecule has 2 aromatic carbocycles. The molecule has 0 spiro atoms. The average Bonchev–Trinajstić information content (AvgIpc) is 2.46. The third kappa shape index (κ3) is 4.07. The van der Waals surface area contributed by atoms with Gasteiger partial charge in [-0.1, -0.05) is 24.3 Å². The number of rotatable bonds is 4. The molecule has 0 atom stereocenters. The van der Waals surface area contributed by atoms with Crippen molar-refractivity contribution in [3.05, 3.63) is 71.0 Å². The van der Waals surface area contributed by atoms with Crippen LogP contribution in [0.1, 0.15) is 21.5 Å². The lowest BCUT2D eigenvalue weighted by atomic mass is 10.1. The lowest BCUT2D eigenvalue weighted by Crippen LogP contribution is -2.28. The molecule has 2 rings (SSSR count). The summed E-state index contributed by atoms with van der Waals surface area (Å²) < 4.78 is 51.4. The molecule has 22 heavy (non-hydrogen) atoms. The van der Waals surface area contributed by atoms with E-state index in [1.54, 1.807) is 6.07 Å². The Kier molecular flexibility index (Phi) is 4.80. The third-order valence-electron chi connectivity index (χ3n) is 3.07. The Bertz CT molecular complexity index is 667. The predicted octanol–water partition coefficient (Wildman–Crippen LogP) is 3.82. The summed E-state index contributed by atoms with van der Waals surface area (Å²) in [6.07, 6.45) is -4.26. The molecule has 116 valence electrons. The van der Waals surface area contributed by atoms with Crippen LogP contribution in [0.5, 0.6) is 0 Å². The minimum Gasteiger partial charge on any atom is -0.352 e. The van der Waals surface area contributed by atoms with Gasteiger partial charge in [-0.2, -0.15) is 13.2 Å². The molecule has 0 unspecified atom stereocenters. The number of halogens is 4. The Morgan fingerprint density at radius 2 is 1.77 bits per heavy atom. The van der Waals surface area contributed by atoms with Crippen molar-refractivity contribution in [2.24, 2.45) is 0 Å². The van der Waals surface area contributed by atoms with E-state index in [9.17, 15) is 22.4 Å². The number of benzene rings is 2. The Labute approximate surface area is 124 Å². The van der Waals surface area contributed by atoms with E-state index in [-0.39, 0.29) is 6.54 Å². The maximum absolute atomic E-state index is 13.0. The summed E-state index contributed by atoms with van der Waals surface area (Å²) in [5, 5.41) is 2.42. The van der Waals surface area contributed by atoms with Gasteiger partial charge in [0.2, 0.25) is 0 Å². The van der Waals surface area contributed by atoms with E-state index in [2.05, 4.69) is 5.32 Å². The fraction of sp³-hybridized carbons (Fsp3) is 0.188. The Balaban J connectivity index is 2.01. The fourth-order valence-electron chi connectivity index (χ4n) is 2.04. The first-order chi connectivity index (χ1) is 10.4. The molecular formula is C16H13F4NO. The molecule has 0 fully saturated rings. The number of carbonyl (C=O) groups is 1. The number of amides is 1. The van der Waals surface area contributed by atoms with Gasteiger partial charge in [-0.05, 0) is 36.2 Å². The highest BCUT2D eigenvalue weighted by Crippen LogP contribution is 2.31. The van der Waals surface area contributed by atoms with Crippen LogP contribution in [0.4, 0.5) is 17.6 Å². The molecule has 0 aliphatic rings. The maximum atomic E-state index is 13.0. The van der Waals surface area contributed by atoms with Crippen molar-refractivity contribution in [3.8, 4) is 0 Å². The molecule has 0 saturated heterocycles. The van der Waals surface area contributed by atoms with Crippen molar-refractivity contribution in [1.29, 1.82) is 0 Å². The van der Waals surface area contributed by atoms with Gasteiger partial charge in [-0.3, -0.25) is 4.79 Å². The highest BCUT2D eigenvalue weighted by Gasteiger charge is 2.34. The Morgan fingerprint density at radius 1 is 1.05 bits per heavy atom. The summed E-state index contributed by atoms with van der Waals surface area (Å²) in [4.78, 5) is 11.9. The van der Waals surface area contributed by atoms with Gasteiger partial charge in [0.15, 0.2) is 0 Å². The van der Waals surface area contributed by atoms with Gasteiger partial charge in [-0.25, -0.2) is 4.39 Å². The molecule has 1 amide bonds. The van der Waals surface area contributed by atoms with Crippen LogP contribution in [0.3, 0.4) is 0 Å². The number of hydrogen-bond acceptors (Lipinski definition) is 1. The second-order valence-electron chi connectivity index (χ2n) is 4.68. The van der Waals surface area contributed by atoms with Gasteiger partial charge in [0.25, 0.3) is 5.91 Å². The number of alkyl halides is 3. The summed E-state index contributed by atoms with van der Waals surface area (Å²) in [6.45, 7) is 0.120. The highest BCUT2D eigenvalue weighted by atomic mass is 19.4. The van der Waals surface area contributed by atoms with Crippen LogP contribution >= 0.6 is 0 Å². The predicted molar refractivity (Wildman–Crippen MR) is 73.9 cm³/mol. The second kappa shape index (κ2) is 6.60. The van der Waals surface area contributed by atoms with Crippen molar-refractivity contribution in [2.75, 3.05) is 6.54 Å². The van der Waals surface area contributed by atoms with Crippen LogP contribution in [0.25, 0.3) is 0 Å². The average molecular weight is 311 g/mol. The van der Waals surface area contributed by atoms with Crippen LogP contribution in [-0.2, 0) is 12.6 Å². The minimum absolute atomic E-state index is 0.120. The molecule has 0 heterocycles. The standard InChI is InChI=1S/C16H13F4NO/c17-12-5-3-4-11(10-12)8-9-21-15(22)13-6-1-2-7-14(13)16(18,19)20/h1-7,10H,8-9H2,(H,21,22). The van der Waals surface area contributed by atoms with Crippen molar-refractivity contribution in [3.63, 3.8) is 0 Å². The van der Waals surface area contributed by atoms with Crippen molar-refractivity contribution < 1.29 is 22.4 Å². The minimum atomic E-state index is -4.59. The first-order valence-electron chi connectivity index (χ1n) is 6.57. The number of nitrogens with one attached hydrogen (secondary N) is 1. The third-order valence-corrected chi connectivity index (χ3v) is 3.07. The molecule has 0 bridgehead atoms. The number of hydrogen-bond donors (Lipinski definition) is 1. The SMILES string of the molecule is O=C(NCCc1cccc(F)c1)c1ccccc1C(F)(F)F. The normalized spacial score (nSPS) is 11.3. The summed E-state index contributed by atoms with van der Waals surface area (Å²) in [5.41, 5.74) is -0.739. The van der Waals surface area contributed by atoms with E-state index in [1.807, 2.05) is 0 Å². The van der Waals surface area contributed by atoms with Crippen LogP contribution in [0.2, 0.25) is 0 Å². The van der Waals surface area contributed by atoms with Crippen LogP contribution in [-0.4, -0.2) is 12.5 Å². The highest BCUT2D eigenvalue weighted by molar-refractivity contribution is 5.95. The zero-order valence-corrected chi connectivity index (χ0v) is 11.5. The van der Waals surface area contributed by atoms with Gasteiger partial charge >= 0.3 is 6.18 Å². The largest absolute Gasteiger partial charge is 0.417 e. The zero-order chi connectivity index (χ0) is 16.2. The Morgan fingerprint density at radius 3 is 2.45 bits per heavy atom. The molecule has 2 aromatic rings. The summed E-state index contributed by atoms with van der Waals surface area (Å²) >= 11 is 0. The molecular weight excluding hydrogens is 298 g/mol. The monoisotopic (exact) mass is 311 g/mol. The van der Waals surface area contributed by atoms with Crippen molar-refractivity contribution in [2.45, 2.75) is 12.6 Å². The lowest BCUT2D eigenvalue weighted by molar-refractivity contribution is -0.137. The van der Waals surface area contributed by atoms with Gasteiger partial charge in [0.1, 0.15) is 5.82 Å². The van der Waals surface area contributed by atoms with Crippen molar-refractivity contribution in [1.82, 2.24) is 5.32 Å². The van der Waals surface area contributed by atoms with Gasteiger partial charge in [0, 0.05) is 6.54 Å². The molecule has 0 radical (unpaired) electrons. The summed E-state index contributed by atoms with van der Waals surface area (Å²) in [5.74, 6) is -1.20. The first-order valence-corrected chi connectivity index (χ1v) is 6.57. The van der Waals surface area contributed by atoms with E-state index in [0.717, 1.165) is 12.1 Å². The van der Waals surface area contributed by atoms with E-state index in [1.165, 1.54) is 30.3 Å². The van der Waals surface area contributed by atoms with Crippen molar-refractivity contribution >= 4 is 5.91 Å².